The molecule has 1 saturated carbocycles. The van der Waals surface area contributed by atoms with Crippen molar-refractivity contribution in [2.75, 3.05) is 0 Å². The van der Waals surface area contributed by atoms with Gasteiger partial charge < -0.3 is 4.74 Å². The second-order valence-electron chi connectivity index (χ2n) is 5.09. The zero-order chi connectivity index (χ0) is 13.9. The van der Waals surface area contributed by atoms with Gasteiger partial charge in [0, 0.05) is 10.7 Å². The summed E-state index contributed by atoms with van der Waals surface area (Å²) in [5, 5.41) is 0. The molecular weight excluding hydrogens is 284 g/mol. The maximum absolute atomic E-state index is 11.1. The molecule has 1 aliphatic rings. The molecule has 0 aliphatic heterocycles. The van der Waals surface area contributed by atoms with Crippen molar-refractivity contribution < 1.29 is 13.2 Å². The summed E-state index contributed by atoms with van der Waals surface area (Å²) >= 11 is 0. The lowest BCUT2D eigenvalue weighted by Gasteiger charge is -2.28. The van der Waals surface area contributed by atoms with E-state index in [1.54, 1.807) is 12.1 Å². The highest BCUT2D eigenvalue weighted by Crippen LogP contribution is 2.30. The van der Waals surface area contributed by atoms with E-state index in [-0.39, 0.29) is 11.0 Å². The third kappa shape index (κ3) is 4.11. The Labute approximate surface area is 119 Å². The molecule has 2 atom stereocenters. The minimum atomic E-state index is -3.65. The third-order valence-electron chi connectivity index (χ3n) is 3.72. The first-order chi connectivity index (χ1) is 8.99. The average Bonchev–Trinajstić information content (AvgIpc) is 2.38. The minimum Gasteiger partial charge on any atom is -0.490 e. The molecule has 5 heteroatoms. The normalized spacial score (nSPS) is 24.1. The second kappa shape index (κ2) is 6.14. The Hall–Kier alpha value is -0.740. The van der Waals surface area contributed by atoms with Gasteiger partial charge in [-0.05, 0) is 49.4 Å². The predicted octanol–water partition coefficient (Wildman–Crippen LogP) is 3.96. The second-order valence-corrected chi connectivity index (χ2v) is 7.66. The van der Waals surface area contributed by atoms with Crippen molar-refractivity contribution in [1.29, 1.82) is 0 Å². The minimum absolute atomic E-state index is 0.108. The van der Waals surface area contributed by atoms with Crippen LogP contribution < -0.4 is 4.74 Å². The maximum Gasteiger partial charge on any atom is 0.261 e. The van der Waals surface area contributed by atoms with Crippen LogP contribution in [0.2, 0.25) is 0 Å². The average molecular weight is 303 g/mol. The summed E-state index contributed by atoms with van der Waals surface area (Å²) in [5.41, 5.74) is 0. The van der Waals surface area contributed by atoms with Gasteiger partial charge >= 0.3 is 0 Å². The summed E-state index contributed by atoms with van der Waals surface area (Å²) in [7, 11) is 1.62. The van der Waals surface area contributed by atoms with Crippen molar-refractivity contribution in [1.82, 2.24) is 0 Å². The van der Waals surface area contributed by atoms with Gasteiger partial charge in [0.1, 0.15) is 5.75 Å². The number of hydrogen-bond acceptors (Lipinski definition) is 3. The van der Waals surface area contributed by atoms with Crippen molar-refractivity contribution in [3.8, 4) is 5.75 Å². The highest BCUT2D eigenvalue weighted by Gasteiger charge is 2.22. The van der Waals surface area contributed by atoms with Crippen LogP contribution in [0, 0.1) is 5.92 Å². The highest BCUT2D eigenvalue weighted by atomic mass is 35.7. The van der Waals surface area contributed by atoms with Gasteiger partial charge in [0.05, 0.1) is 11.0 Å². The summed E-state index contributed by atoms with van der Waals surface area (Å²) in [6, 6.07) is 6.31. The molecule has 1 aliphatic carbocycles. The molecule has 0 aromatic heterocycles. The first kappa shape index (κ1) is 14.7. The van der Waals surface area contributed by atoms with Crippen LogP contribution in [0.4, 0.5) is 0 Å². The van der Waals surface area contributed by atoms with Crippen LogP contribution >= 0.6 is 10.7 Å². The summed E-state index contributed by atoms with van der Waals surface area (Å²) in [5.74, 6) is 1.46. The van der Waals surface area contributed by atoms with E-state index < -0.39 is 9.05 Å². The Morgan fingerprint density at radius 3 is 2.53 bits per heavy atom. The summed E-state index contributed by atoms with van der Waals surface area (Å²) in [6.45, 7) is 2.22. The van der Waals surface area contributed by atoms with Gasteiger partial charge in [0.25, 0.3) is 9.05 Å². The predicted molar refractivity (Wildman–Crippen MR) is 76.1 cm³/mol. The van der Waals surface area contributed by atoms with E-state index in [1.165, 1.54) is 31.4 Å². The lowest BCUT2D eigenvalue weighted by Crippen LogP contribution is -2.25. The zero-order valence-corrected chi connectivity index (χ0v) is 12.6. The largest absolute Gasteiger partial charge is 0.490 e. The molecule has 0 N–H and O–H groups in total. The van der Waals surface area contributed by atoms with Gasteiger partial charge in [-0.1, -0.05) is 19.8 Å². The van der Waals surface area contributed by atoms with Crippen LogP contribution in [0.1, 0.15) is 39.0 Å². The molecular formula is C14H19ClO3S. The highest BCUT2D eigenvalue weighted by molar-refractivity contribution is 8.13. The van der Waals surface area contributed by atoms with E-state index in [2.05, 4.69) is 6.92 Å². The van der Waals surface area contributed by atoms with Crippen LogP contribution in [-0.4, -0.2) is 14.5 Å². The van der Waals surface area contributed by atoms with E-state index in [4.69, 9.17) is 15.4 Å². The quantitative estimate of drug-likeness (QED) is 0.791. The van der Waals surface area contributed by atoms with Gasteiger partial charge in [0.15, 0.2) is 0 Å². The van der Waals surface area contributed by atoms with Crippen molar-refractivity contribution >= 4 is 19.7 Å². The molecule has 19 heavy (non-hydrogen) atoms. The number of ether oxygens (including phenoxy) is 1. The maximum atomic E-state index is 11.1. The Morgan fingerprint density at radius 2 is 1.95 bits per heavy atom. The first-order valence-electron chi connectivity index (χ1n) is 6.70. The molecule has 1 aromatic carbocycles. The molecule has 0 radical (unpaired) electrons. The third-order valence-corrected chi connectivity index (χ3v) is 5.09. The Morgan fingerprint density at radius 1 is 1.26 bits per heavy atom. The van der Waals surface area contributed by atoms with Crippen molar-refractivity contribution in [3.63, 3.8) is 0 Å². The standard InChI is InChI=1S/C14H19ClO3S/c1-2-11-4-3-5-13(10-11)18-12-6-8-14(9-7-12)19(15,16)17/h6-9,11,13H,2-5,10H2,1H3. The first-order valence-corrected chi connectivity index (χ1v) is 9.01. The van der Waals surface area contributed by atoms with E-state index >= 15 is 0 Å². The smallest absolute Gasteiger partial charge is 0.261 e. The van der Waals surface area contributed by atoms with E-state index in [1.807, 2.05) is 0 Å². The van der Waals surface area contributed by atoms with E-state index in [9.17, 15) is 8.42 Å². The molecule has 3 nitrogen and oxygen atoms in total. The summed E-state index contributed by atoms with van der Waals surface area (Å²) in [4.78, 5) is 0.108. The fourth-order valence-corrected chi connectivity index (χ4v) is 3.36. The van der Waals surface area contributed by atoms with Gasteiger partial charge in [-0.3, -0.25) is 0 Å². The van der Waals surface area contributed by atoms with Crippen LogP contribution in [0.3, 0.4) is 0 Å². The molecule has 2 rings (SSSR count). The SMILES string of the molecule is CCC1CCCC(Oc2ccc(S(=O)(=O)Cl)cc2)C1. The molecule has 2 unspecified atom stereocenters. The monoisotopic (exact) mass is 302 g/mol. The molecule has 0 amide bonds. The van der Waals surface area contributed by atoms with E-state index in [0.717, 1.165) is 18.8 Å². The fraction of sp³-hybridized carbons (Fsp3) is 0.571. The van der Waals surface area contributed by atoms with Crippen molar-refractivity contribution in [3.05, 3.63) is 24.3 Å². The number of rotatable bonds is 4. The molecule has 1 fully saturated rings. The van der Waals surface area contributed by atoms with Gasteiger partial charge in [-0.2, -0.15) is 0 Å². The van der Waals surface area contributed by atoms with Crippen molar-refractivity contribution in [2.45, 2.75) is 50.0 Å². The molecule has 0 bridgehead atoms. The molecule has 0 spiro atoms. The van der Waals surface area contributed by atoms with Gasteiger partial charge in [-0.15, -0.1) is 0 Å². The molecule has 0 saturated heterocycles. The summed E-state index contributed by atoms with van der Waals surface area (Å²) < 4.78 is 28.2. The molecule has 0 heterocycles. The Bertz CT molecular complexity index is 510. The van der Waals surface area contributed by atoms with Crippen molar-refractivity contribution in [2.24, 2.45) is 5.92 Å². The van der Waals surface area contributed by atoms with E-state index in [0.29, 0.717) is 5.75 Å². The van der Waals surface area contributed by atoms with Crippen LogP contribution in [0.5, 0.6) is 5.75 Å². The van der Waals surface area contributed by atoms with Crippen LogP contribution in [0.25, 0.3) is 0 Å². The van der Waals surface area contributed by atoms with Crippen LogP contribution in [-0.2, 0) is 9.05 Å². The fourth-order valence-electron chi connectivity index (χ4n) is 2.59. The van der Waals surface area contributed by atoms with Gasteiger partial charge in [-0.25, -0.2) is 8.42 Å². The zero-order valence-electron chi connectivity index (χ0n) is 11.0. The van der Waals surface area contributed by atoms with Crippen LogP contribution in [0.15, 0.2) is 29.2 Å². The summed E-state index contributed by atoms with van der Waals surface area (Å²) in [6.07, 6.45) is 6.11. The molecule has 106 valence electrons. The number of benzene rings is 1. The Balaban J connectivity index is 2.00. The Kier molecular flexibility index (Phi) is 4.74. The van der Waals surface area contributed by atoms with Gasteiger partial charge in [0.2, 0.25) is 0 Å². The lowest BCUT2D eigenvalue weighted by atomic mass is 9.85. The lowest BCUT2D eigenvalue weighted by molar-refractivity contribution is 0.122. The number of hydrogen-bond donors (Lipinski definition) is 0. The molecule has 1 aromatic rings. The topological polar surface area (TPSA) is 43.4 Å². The number of halogens is 1.